The average Bonchev–Trinajstić information content (AvgIpc) is 3.15. The van der Waals surface area contributed by atoms with Gasteiger partial charge in [0, 0.05) is 30.6 Å². The van der Waals surface area contributed by atoms with Crippen LogP contribution in [0, 0.1) is 5.82 Å². The lowest BCUT2D eigenvalue weighted by Crippen LogP contribution is -2.23. The summed E-state index contributed by atoms with van der Waals surface area (Å²) in [5, 5.41) is 4.64. The number of hydrogen-bond acceptors (Lipinski definition) is 6. The van der Waals surface area contributed by atoms with E-state index in [1.54, 1.807) is 17.5 Å². The summed E-state index contributed by atoms with van der Waals surface area (Å²) < 4.78 is 44.6. The van der Waals surface area contributed by atoms with E-state index in [1.807, 2.05) is 0 Å². The number of nitrogens with zero attached hydrogens (tertiary/aromatic N) is 2. The van der Waals surface area contributed by atoms with Gasteiger partial charge >= 0.3 is 0 Å². The number of rotatable bonds is 6. The summed E-state index contributed by atoms with van der Waals surface area (Å²) in [5.74, 6) is -0.769. The monoisotopic (exact) mass is 435 g/mol. The molecule has 0 saturated carbocycles. The molecule has 0 saturated heterocycles. The Morgan fingerprint density at radius 3 is 2.62 bits per heavy atom. The number of hydrogen-bond donors (Lipinski definition) is 1. The van der Waals surface area contributed by atoms with Gasteiger partial charge in [0.15, 0.2) is 5.13 Å². The van der Waals surface area contributed by atoms with Crippen molar-refractivity contribution in [2.45, 2.75) is 4.90 Å². The van der Waals surface area contributed by atoms with Gasteiger partial charge in [0.1, 0.15) is 16.5 Å². The molecule has 7 nitrogen and oxygen atoms in total. The van der Waals surface area contributed by atoms with E-state index in [4.69, 9.17) is 4.74 Å². The Morgan fingerprint density at radius 2 is 1.97 bits per heavy atom. The van der Waals surface area contributed by atoms with Gasteiger partial charge in [0.2, 0.25) is 10.0 Å². The van der Waals surface area contributed by atoms with Crippen LogP contribution in [0.15, 0.2) is 52.7 Å². The molecule has 0 unspecified atom stereocenters. The summed E-state index contributed by atoms with van der Waals surface area (Å²) in [6.45, 7) is 0. The van der Waals surface area contributed by atoms with Crippen LogP contribution in [-0.4, -0.2) is 44.8 Å². The molecule has 0 radical (unpaired) electrons. The quantitative estimate of drug-likeness (QED) is 0.641. The molecule has 2 aromatic carbocycles. The molecule has 0 aliphatic rings. The third kappa shape index (κ3) is 4.44. The van der Waals surface area contributed by atoms with Gasteiger partial charge in [-0.25, -0.2) is 22.1 Å². The normalized spacial score (nSPS) is 11.5. The molecule has 10 heteroatoms. The highest BCUT2D eigenvalue weighted by Crippen LogP contribution is 2.28. The fraction of sp³-hybridized carbons (Fsp3) is 0.158. The molecule has 29 heavy (non-hydrogen) atoms. The number of aromatic nitrogens is 1. The maximum Gasteiger partial charge on any atom is 0.257 e. The van der Waals surface area contributed by atoms with Crippen molar-refractivity contribution in [3.8, 4) is 17.0 Å². The number of sulfonamides is 1. The van der Waals surface area contributed by atoms with Crippen LogP contribution in [-0.2, 0) is 10.0 Å². The molecule has 0 bridgehead atoms. The van der Waals surface area contributed by atoms with Crippen LogP contribution in [0.1, 0.15) is 10.4 Å². The van der Waals surface area contributed by atoms with E-state index in [-0.39, 0.29) is 22.0 Å². The summed E-state index contributed by atoms with van der Waals surface area (Å²) in [6.07, 6.45) is 0. The van der Waals surface area contributed by atoms with Gasteiger partial charge in [-0.1, -0.05) is 12.1 Å². The first-order valence-electron chi connectivity index (χ1n) is 8.36. The maximum absolute atomic E-state index is 13.4. The third-order valence-corrected chi connectivity index (χ3v) is 6.62. The molecule has 0 aliphatic heterocycles. The van der Waals surface area contributed by atoms with E-state index in [1.165, 1.54) is 62.9 Å². The van der Waals surface area contributed by atoms with Crippen LogP contribution < -0.4 is 10.1 Å². The van der Waals surface area contributed by atoms with Gasteiger partial charge in [0.05, 0.1) is 12.8 Å². The lowest BCUT2D eigenvalue weighted by Gasteiger charge is -2.15. The number of nitrogens with one attached hydrogen (secondary N) is 1. The first kappa shape index (κ1) is 20.9. The molecule has 0 spiro atoms. The third-order valence-electron chi connectivity index (χ3n) is 4.03. The molecule has 0 atom stereocenters. The number of methoxy groups -OCH3 is 1. The van der Waals surface area contributed by atoms with Gasteiger partial charge in [0.25, 0.3) is 5.91 Å². The molecule has 3 rings (SSSR count). The summed E-state index contributed by atoms with van der Waals surface area (Å²) in [4.78, 5) is 16.8. The van der Waals surface area contributed by atoms with Gasteiger partial charge in [-0.3, -0.25) is 10.1 Å². The van der Waals surface area contributed by atoms with Crippen molar-refractivity contribution >= 4 is 32.4 Å². The van der Waals surface area contributed by atoms with Crippen LogP contribution in [0.2, 0.25) is 0 Å². The van der Waals surface area contributed by atoms with Crippen molar-refractivity contribution in [1.82, 2.24) is 9.29 Å². The number of thiazole rings is 1. The SMILES string of the molecule is COc1ccc(C(=O)Nc2nc(-c3cccc(F)c3)cs2)cc1S(=O)(=O)N(C)C. The van der Waals surface area contributed by atoms with Crippen LogP contribution in [0.5, 0.6) is 5.75 Å². The van der Waals surface area contributed by atoms with E-state index < -0.39 is 15.9 Å². The Labute approximate surface area is 171 Å². The highest BCUT2D eigenvalue weighted by molar-refractivity contribution is 7.89. The molecule has 1 heterocycles. The number of anilines is 1. The lowest BCUT2D eigenvalue weighted by atomic mass is 10.2. The average molecular weight is 436 g/mol. The second kappa shape index (κ2) is 8.27. The highest BCUT2D eigenvalue weighted by Gasteiger charge is 2.24. The minimum atomic E-state index is -3.80. The smallest absolute Gasteiger partial charge is 0.257 e. The predicted octanol–water partition coefficient (Wildman–Crippen LogP) is 3.46. The number of amides is 1. The zero-order valence-corrected chi connectivity index (χ0v) is 17.5. The van der Waals surface area contributed by atoms with E-state index in [2.05, 4.69) is 10.3 Å². The molecule has 0 fully saturated rings. The Balaban J connectivity index is 1.87. The Hall–Kier alpha value is -2.82. The minimum Gasteiger partial charge on any atom is -0.495 e. The van der Waals surface area contributed by atoms with Gasteiger partial charge in [-0.05, 0) is 30.3 Å². The molecule has 152 valence electrons. The van der Waals surface area contributed by atoms with Crippen molar-refractivity contribution in [2.24, 2.45) is 0 Å². The van der Waals surface area contributed by atoms with Crippen molar-refractivity contribution in [2.75, 3.05) is 26.5 Å². The van der Waals surface area contributed by atoms with Crippen LogP contribution in [0.4, 0.5) is 9.52 Å². The van der Waals surface area contributed by atoms with Crippen LogP contribution in [0.25, 0.3) is 11.3 Å². The van der Waals surface area contributed by atoms with E-state index in [0.29, 0.717) is 16.4 Å². The predicted molar refractivity (Wildman–Crippen MR) is 109 cm³/mol. The fourth-order valence-electron chi connectivity index (χ4n) is 2.50. The van der Waals surface area contributed by atoms with E-state index in [0.717, 1.165) is 4.31 Å². The zero-order chi connectivity index (χ0) is 21.2. The number of carbonyl (C=O) groups is 1. The molecule has 3 aromatic rings. The largest absolute Gasteiger partial charge is 0.495 e. The van der Waals surface area contributed by atoms with Crippen molar-refractivity contribution in [3.63, 3.8) is 0 Å². The van der Waals surface area contributed by atoms with Crippen molar-refractivity contribution < 1.29 is 22.3 Å². The van der Waals surface area contributed by atoms with Gasteiger partial charge < -0.3 is 4.74 Å². The Kier molecular flexibility index (Phi) is 5.96. The Morgan fingerprint density at radius 1 is 1.21 bits per heavy atom. The molecular weight excluding hydrogens is 417 g/mol. The molecule has 1 aromatic heterocycles. The van der Waals surface area contributed by atoms with E-state index in [9.17, 15) is 17.6 Å². The summed E-state index contributed by atoms with van der Waals surface area (Å²) in [6, 6.07) is 10.1. The second-order valence-electron chi connectivity index (χ2n) is 6.16. The zero-order valence-electron chi connectivity index (χ0n) is 15.8. The number of ether oxygens (including phenoxy) is 1. The number of benzene rings is 2. The second-order valence-corrected chi connectivity index (χ2v) is 9.13. The van der Waals surface area contributed by atoms with Gasteiger partial charge in [-0.15, -0.1) is 11.3 Å². The van der Waals surface area contributed by atoms with Crippen molar-refractivity contribution in [1.29, 1.82) is 0 Å². The standard InChI is InChI=1S/C19H18FN3O4S2/c1-23(2)29(25,26)17-10-13(7-8-16(17)27-3)18(24)22-19-21-15(11-28-19)12-5-4-6-14(20)9-12/h4-11H,1-3H3,(H,21,22,24). The van der Waals surface area contributed by atoms with E-state index >= 15 is 0 Å². The molecule has 0 aliphatic carbocycles. The summed E-state index contributed by atoms with van der Waals surface area (Å²) >= 11 is 1.18. The van der Waals surface area contributed by atoms with Gasteiger partial charge in [-0.2, -0.15) is 0 Å². The molecule has 1 amide bonds. The first-order chi connectivity index (χ1) is 13.7. The van der Waals surface area contributed by atoms with Crippen LogP contribution >= 0.6 is 11.3 Å². The van der Waals surface area contributed by atoms with Crippen LogP contribution in [0.3, 0.4) is 0 Å². The highest BCUT2D eigenvalue weighted by atomic mass is 32.2. The summed E-state index contributed by atoms with van der Waals surface area (Å²) in [7, 11) is 0.337. The number of halogens is 1. The first-order valence-corrected chi connectivity index (χ1v) is 10.7. The molecule has 1 N–H and O–H groups in total. The summed E-state index contributed by atoms with van der Waals surface area (Å²) in [5.41, 5.74) is 1.25. The lowest BCUT2D eigenvalue weighted by molar-refractivity contribution is 0.102. The minimum absolute atomic E-state index is 0.114. The molecular formula is C19H18FN3O4S2. The topological polar surface area (TPSA) is 88.6 Å². The Bertz CT molecular complexity index is 1160. The van der Waals surface area contributed by atoms with Crippen molar-refractivity contribution in [3.05, 3.63) is 59.2 Å². The fourth-order valence-corrected chi connectivity index (χ4v) is 4.29. The maximum atomic E-state index is 13.4. The number of carbonyl (C=O) groups excluding carboxylic acids is 1.